The molecule has 0 spiro atoms. The SMILES string of the molecule is [C-]#[N+]CCOP(OC1[C@@H](COC(c2ccccc2)(c2ccc(OC)cc2)c2ccc(OC)cc2)C[C@@H](NC(=O)CCCCCCCCCCCCCCC)[C@H]1OC)N(C(C)C)C(C)C. The Morgan fingerprint density at radius 1 is 0.734 bits per heavy atom. The number of rotatable bonds is 32. The fourth-order valence-electron chi connectivity index (χ4n) is 9.12. The fourth-order valence-corrected chi connectivity index (χ4v) is 10.9. The van der Waals surface area contributed by atoms with E-state index in [-0.39, 0.29) is 49.7 Å². The van der Waals surface area contributed by atoms with Crippen molar-refractivity contribution in [1.82, 2.24) is 9.99 Å². The van der Waals surface area contributed by atoms with Crippen LogP contribution in [0.25, 0.3) is 4.85 Å². The zero-order valence-electron chi connectivity index (χ0n) is 40.4. The first-order valence-electron chi connectivity index (χ1n) is 24.1. The monoisotopic (exact) mass is 902 g/mol. The predicted molar refractivity (Wildman–Crippen MR) is 261 cm³/mol. The number of nitrogens with one attached hydrogen (secondary N) is 1. The molecule has 1 amide bonds. The van der Waals surface area contributed by atoms with Crippen molar-refractivity contribution in [2.24, 2.45) is 5.92 Å². The summed E-state index contributed by atoms with van der Waals surface area (Å²) >= 11 is 0. The van der Waals surface area contributed by atoms with Crippen molar-refractivity contribution in [2.45, 2.75) is 167 Å². The number of amides is 1. The molecular formula is C53H80N3O7P. The van der Waals surface area contributed by atoms with Crippen LogP contribution in [0.2, 0.25) is 0 Å². The van der Waals surface area contributed by atoms with Crippen molar-refractivity contribution in [2.75, 3.05) is 41.1 Å². The maximum absolute atomic E-state index is 13.7. The van der Waals surface area contributed by atoms with Crippen LogP contribution >= 0.6 is 8.53 Å². The second-order valence-electron chi connectivity index (χ2n) is 17.8. The topological polar surface area (TPSA) is 92.1 Å². The summed E-state index contributed by atoms with van der Waals surface area (Å²) in [6.45, 7) is 19.0. The zero-order chi connectivity index (χ0) is 46.2. The minimum absolute atomic E-state index is 0.0344. The van der Waals surface area contributed by atoms with E-state index in [1.54, 1.807) is 21.3 Å². The molecule has 1 aliphatic rings. The molecule has 1 aliphatic carbocycles. The Hall–Kier alpha value is -3.55. The van der Waals surface area contributed by atoms with Gasteiger partial charge in [0.05, 0.1) is 33.0 Å². The summed E-state index contributed by atoms with van der Waals surface area (Å²) < 4.78 is 40.8. The third-order valence-electron chi connectivity index (χ3n) is 12.4. The van der Waals surface area contributed by atoms with Crippen LogP contribution in [0, 0.1) is 12.5 Å². The molecule has 2 unspecified atom stereocenters. The van der Waals surface area contributed by atoms with Crippen LogP contribution in [0.5, 0.6) is 11.5 Å². The van der Waals surface area contributed by atoms with Crippen LogP contribution in [-0.4, -0.2) is 82.0 Å². The molecule has 1 fully saturated rings. The van der Waals surface area contributed by atoms with Crippen molar-refractivity contribution in [3.8, 4) is 11.5 Å². The highest BCUT2D eigenvalue weighted by atomic mass is 31.2. The maximum atomic E-state index is 13.7. The lowest BCUT2D eigenvalue weighted by Gasteiger charge is -2.40. The third kappa shape index (κ3) is 15.8. The summed E-state index contributed by atoms with van der Waals surface area (Å²) in [7, 11) is 3.42. The molecule has 0 heterocycles. The number of hydrogen-bond acceptors (Lipinski definition) is 8. The Labute approximate surface area is 388 Å². The van der Waals surface area contributed by atoms with E-state index in [1.165, 1.54) is 64.2 Å². The van der Waals surface area contributed by atoms with Gasteiger partial charge in [-0.2, -0.15) is 0 Å². The van der Waals surface area contributed by atoms with E-state index in [0.29, 0.717) is 12.8 Å². The highest BCUT2D eigenvalue weighted by Crippen LogP contribution is 2.51. The summed E-state index contributed by atoms with van der Waals surface area (Å²) in [6.07, 6.45) is 16.5. The molecule has 10 nitrogen and oxygen atoms in total. The Morgan fingerprint density at radius 2 is 1.23 bits per heavy atom. The molecule has 5 atom stereocenters. The van der Waals surface area contributed by atoms with Crippen molar-refractivity contribution >= 4 is 14.4 Å². The summed E-state index contributed by atoms with van der Waals surface area (Å²) in [6, 6.07) is 26.3. The van der Waals surface area contributed by atoms with Gasteiger partial charge in [0.15, 0.2) is 0 Å². The Morgan fingerprint density at radius 3 is 1.70 bits per heavy atom. The molecule has 0 bridgehead atoms. The van der Waals surface area contributed by atoms with Gasteiger partial charge in [-0.05, 0) is 81.5 Å². The van der Waals surface area contributed by atoms with Crippen LogP contribution in [0.15, 0.2) is 78.9 Å². The first-order chi connectivity index (χ1) is 31.1. The quantitative estimate of drug-likeness (QED) is 0.0287. The van der Waals surface area contributed by atoms with E-state index >= 15 is 0 Å². The summed E-state index contributed by atoms with van der Waals surface area (Å²) in [4.78, 5) is 17.3. The van der Waals surface area contributed by atoms with Gasteiger partial charge in [0.2, 0.25) is 12.5 Å². The van der Waals surface area contributed by atoms with E-state index in [4.69, 9.17) is 34.6 Å². The van der Waals surface area contributed by atoms with Gasteiger partial charge >= 0.3 is 0 Å². The first-order valence-corrected chi connectivity index (χ1v) is 25.3. The van der Waals surface area contributed by atoms with Gasteiger partial charge < -0.3 is 38.2 Å². The van der Waals surface area contributed by atoms with E-state index < -0.39 is 26.3 Å². The number of hydrogen-bond donors (Lipinski definition) is 1. The van der Waals surface area contributed by atoms with Crippen molar-refractivity contribution in [3.63, 3.8) is 0 Å². The molecule has 0 saturated heterocycles. The van der Waals surface area contributed by atoms with Crippen molar-refractivity contribution in [1.29, 1.82) is 0 Å². The molecule has 0 aliphatic heterocycles. The third-order valence-corrected chi connectivity index (χ3v) is 14.5. The van der Waals surface area contributed by atoms with Crippen LogP contribution in [0.1, 0.15) is 148 Å². The molecule has 11 heteroatoms. The normalized spacial score (nSPS) is 18.1. The van der Waals surface area contributed by atoms with Crippen LogP contribution < -0.4 is 14.8 Å². The van der Waals surface area contributed by atoms with Gasteiger partial charge in [-0.25, -0.2) is 11.2 Å². The number of unbranched alkanes of at least 4 members (excludes halogenated alkanes) is 12. The minimum atomic E-state index is -1.62. The van der Waals surface area contributed by atoms with Gasteiger partial charge in [0.25, 0.3) is 8.53 Å². The first kappa shape index (κ1) is 53.1. The lowest BCUT2D eigenvalue weighted by Crippen LogP contribution is -2.45. The van der Waals surface area contributed by atoms with Crippen molar-refractivity contribution < 1.29 is 32.8 Å². The van der Waals surface area contributed by atoms with E-state index in [1.807, 2.05) is 42.5 Å². The second kappa shape index (κ2) is 29.2. The molecule has 3 aromatic rings. The molecule has 3 aromatic carbocycles. The van der Waals surface area contributed by atoms with E-state index in [0.717, 1.165) is 47.5 Å². The van der Waals surface area contributed by atoms with E-state index in [2.05, 4.69) is 85.8 Å². The van der Waals surface area contributed by atoms with Gasteiger partial charge in [-0.3, -0.25) is 4.79 Å². The molecule has 4 rings (SSSR count). The molecule has 0 radical (unpaired) electrons. The summed E-state index contributed by atoms with van der Waals surface area (Å²) in [5.74, 6) is 1.32. The smallest absolute Gasteiger partial charge is 0.259 e. The number of benzene rings is 3. The average molecular weight is 902 g/mol. The standard InChI is InChI=1S/C53H80N3O7P/c1-10-11-12-13-14-15-16-17-18-19-20-21-25-28-50(57)55-49-39-43(51(52(49)60-9)63-64(62-38-37-54-6)56(41(2)3)42(4)5)40-61-53(44-26-23-22-24-27-44,45-29-33-47(58-7)34-30-45)46-31-35-48(59-8)36-32-46/h22-24,26-27,29-36,41-43,49,51-52H,10-21,25,28,37-40H2,1-5,7-9H3,(H,55,57)/t43-,49-,51?,52-,64?/m1/s1. The molecule has 1 saturated carbocycles. The Kier molecular flexibility index (Phi) is 24.2. The number of nitrogens with zero attached hydrogens (tertiary/aromatic N) is 2. The second-order valence-corrected chi connectivity index (χ2v) is 19.2. The minimum Gasteiger partial charge on any atom is -0.497 e. The Bertz CT molecular complexity index is 1700. The lowest BCUT2D eigenvalue weighted by molar-refractivity contribution is -0.123. The van der Waals surface area contributed by atoms with Crippen LogP contribution in [0.3, 0.4) is 0 Å². The average Bonchev–Trinajstić information content (AvgIpc) is 3.63. The molecule has 354 valence electrons. The molecule has 0 aromatic heterocycles. The van der Waals surface area contributed by atoms with Gasteiger partial charge in [-0.1, -0.05) is 139 Å². The lowest BCUT2D eigenvalue weighted by atomic mass is 9.79. The van der Waals surface area contributed by atoms with Crippen LogP contribution in [-0.2, 0) is 28.9 Å². The van der Waals surface area contributed by atoms with Crippen molar-refractivity contribution in [3.05, 3.63) is 107 Å². The van der Waals surface area contributed by atoms with Crippen LogP contribution in [0.4, 0.5) is 0 Å². The number of carbonyl (C=O) groups excluding carboxylic acids is 1. The van der Waals surface area contributed by atoms with Gasteiger partial charge in [0.1, 0.15) is 29.8 Å². The fraction of sp³-hybridized carbons (Fsp3) is 0.623. The number of carbonyl (C=O) groups is 1. The zero-order valence-corrected chi connectivity index (χ0v) is 41.3. The summed E-state index contributed by atoms with van der Waals surface area (Å²) in [5, 5.41) is 3.39. The largest absolute Gasteiger partial charge is 0.497 e. The maximum Gasteiger partial charge on any atom is 0.259 e. The van der Waals surface area contributed by atoms with E-state index in [9.17, 15) is 4.79 Å². The Balaban J connectivity index is 1.59. The number of methoxy groups -OCH3 is 3. The predicted octanol–water partition coefficient (Wildman–Crippen LogP) is 12.7. The summed E-state index contributed by atoms with van der Waals surface area (Å²) in [5.41, 5.74) is 1.78. The molecule has 64 heavy (non-hydrogen) atoms. The molecular weight excluding hydrogens is 822 g/mol. The highest BCUT2D eigenvalue weighted by Gasteiger charge is 2.49. The highest BCUT2D eigenvalue weighted by molar-refractivity contribution is 7.44. The van der Waals surface area contributed by atoms with Gasteiger partial charge in [0, 0.05) is 31.5 Å². The number of ether oxygens (including phenoxy) is 4. The molecule has 1 N–H and O–H groups in total. The van der Waals surface area contributed by atoms with Gasteiger partial charge in [-0.15, -0.1) is 0 Å².